The molecule has 606 valence electrons. The third-order valence-corrected chi connectivity index (χ3v) is 23.4. The summed E-state index contributed by atoms with van der Waals surface area (Å²) in [6, 6.07) is 56.5. The maximum atomic E-state index is 13.8. The van der Waals surface area contributed by atoms with Crippen molar-refractivity contribution < 1.29 is 63.8 Å². The van der Waals surface area contributed by atoms with E-state index in [9.17, 15) is 63.8 Å². The minimum Gasteiger partial charge on any atom is -0.494 e. The highest BCUT2D eigenvalue weighted by Crippen LogP contribution is 2.41. The number of likely N-dealkylation sites (tertiary alicyclic amines) is 3. The molecule has 3 amide bonds. The number of hydrogen-bond acceptors (Lipinski definition) is 15. The van der Waals surface area contributed by atoms with Gasteiger partial charge in [0.2, 0.25) is 17.7 Å². The van der Waals surface area contributed by atoms with Gasteiger partial charge in [0, 0.05) is 86.1 Å². The molecular formula is C94H91FN12O12. The van der Waals surface area contributed by atoms with Crippen LogP contribution in [0.4, 0.5) is 38.5 Å². The minimum atomic E-state index is -1.08. The summed E-state index contributed by atoms with van der Waals surface area (Å²) >= 11 is 0. The molecule has 0 atom stereocenters. The van der Waals surface area contributed by atoms with Crippen LogP contribution in [0.5, 0.6) is 17.6 Å². The predicted octanol–water partition coefficient (Wildman–Crippen LogP) is 15.7. The van der Waals surface area contributed by atoms with Crippen LogP contribution in [0.1, 0.15) is 139 Å². The van der Waals surface area contributed by atoms with Gasteiger partial charge in [-0.05, 0) is 235 Å². The summed E-state index contributed by atoms with van der Waals surface area (Å²) in [5.74, 6) is -2.76. The predicted molar refractivity (Wildman–Crippen MR) is 459 cm³/mol. The van der Waals surface area contributed by atoms with E-state index in [1.54, 1.807) is 30.3 Å². The lowest BCUT2D eigenvalue weighted by Gasteiger charge is -2.31. The zero-order chi connectivity index (χ0) is 82.5. The number of aromatic carboxylic acids is 3. The highest BCUT2D eigenvalue weighted by atomic mass is 19.1. The summed E-state index contributed by atoms with van der Waals surface area (Å²) in [4.78, 5) is 110. The lowest BCUT2D eigenvalue weighted by Crippen LogP contribution is -2.42. The molecule has 0 saturated carbocycles. The number of aliphatic imine (C=N–C) groups is 3. The Bertz CT molecular complexity index is 5990. The molecule has 119 heavy (non-hydrogen) atoms. The molecule has 9 aromatic carbocycles. The van der Waals surface area contributed by atoms with Crippen LogP contribution in [0, 0.1) is 11.7 Å². The summed E-state index contributed by atoms with van der Waals surface area (Å²) in [6.45, 7) is 11.4. The molecule has 0 spiro atoms. The van der Waals surface area contributed by atoms with E-state index in [0.29, 0.717) is 135 Å². The fraction of sp³-hybridized carbons (Fsp3) is 0.266. The number of fused-ring (bicyclic) bond motifs is 6. The monoisotopic (exact) mass is 1600 g/mol. The maximum absolute atomic E-state index is 13.8. The molecule has 0 aliphatic carbocycles. The number of H-pyrrole nitrogens is 3. The van der Waals surface area contributed by atoms with Gasteiger partial charge < -0.3 is 60.3 Å². The first-order chi connectivity index (χ1) is 57.7. The van der Waals surface area contributed by atoms with Gasteiger partial charge in [0.05, 0.1) is 87.2 Å². The standard InChI is InChI=1S/C32H32N4O4.C31H29FN4O4.C31H30N4O4/c1-20-11-14-35(15-12-20)19-28(37)36-16-13-22-17-24(8-10-27(22)36)33-30(21-5-3-2-4-6-21)29-25-9-7-23(32(39)40)18-26(25)34-31(29)38;32-22-7-4-19(5-8-22)29(28-24-10-6-21(31(39)40)17-25(24)34-30(28)38)33-23-9-11-26-20(16-23)12-15-36(26)27(37)18-35-13-2-1-3-14-35;36-27(19-34-14-5-2-6-15-34)35-16-13-21-17-23(10-12-26(21)35)32-29(20-7-3-1-4-8-20)28-24-11-9-22(31(38)39)18-25(24)33-30(28)37/h2-10,17-18,20,34,38H,11-16,19H2,1H3,(H,39,40);4-11,16-17,34,38H,1-3,12-15,18H2,(H,39,40);1,3-4,7-12,17-18,33,37H,2,5-6,13-16,19H2,(H,38,39). The highest BCUT2D eigenvalue weighted by Gasteiger charge is 2.33. The van der Waals surface area contributed by atoms with E-state index in [-0.39, 0.29) is 52.1 Å². The van der Waals surface area contributed by atoms with Crippen LogP contribution in [0.25, 0.3) is 32.7 Å². The summed E-state index contributed by atoms with van der Waals surface area (Å²) in [6.07, 6.45) is 11.6. The number of halogens is 1. The van der Waals surface area contributed by atoms with Gasteiger partial charge in [-0.1, -0.05) is 98.6 Å². The first-order valence-corrected chi connectivity index (χ1v) is 40.6. The van der Waals surface area contributed by atoms with Crippen LogP contribution in [0.2, 0.25) is 0 Å². The van der Waals surface area contributed by atoms with Crippen LogP contribution >= 0.6 is 0 Å². The quantitative estimate of drug-likeness (QED) is 0.0361. The van der Waals surface area contributed by atoms with Gasteiger partial charge in [0.15, 0.2) is 17.6 Å². The molecule has 3 aromatic heterocycles. The largest absolute Gasteiger partial charge is 0.494 e. The number of benzene rings is 9. The number of carboxylic acid groups (broad SMARTS) is 3. The van der Waals surface area contributed by atoms with Crippen molar-refractivity contribution in [3.63, 3.8) is 0 Å². The molecule has 0 unspecified atom stereocenters. The summed E-state index contributed by atoms with van der Waals surface area (Å²) < 4.78 is 13.8. The maximum Gasteiger partial charge on any atom is 0.335 e. The third kappa shape index (κ3) is 17.4. The second-order valence-corrected chi connectivity index (χ2v) is 31.3. The molecule has 18 rings (SSSR count). The van der Waals surface area contributed by atoms with E-state index >= 15 is 0 Å². The molecule has 9 heterocycles. The Morgan fingerprint density at radius 2 is 0.664 bits per heavy atom. The normalized spacial score (nSPS) is 16.1. The highest BCUT2D eigenvalue weighted by molar-refractivity contribution is 6.24. The molecule has 12 aromatic rings. The fourth-order valence-electron chi connectivity index (χ4n) is 17.1. The fourth-order valence-corrected chi connectivity index (χ4v) is 17.1. The van der Waals surface area contributed by atoms with Crippen LogP contribution in [-0.2, 0) is 33.6 Å². The van der Waals surface area contributed by atoms with Crippen molar-refractivity contribution in [2.45, 2.75) is 77.6 Å². The number of aromatic hydroxyl groups is 3. The van der Waals surface area contributed by atoms with Crippen molar-refractivity contribution in [2.24, 2.45) is 20.9 Å². The van der Waals surface area contributed by atoms with E-state index in [1.807, 2.05) is 130 Å². The average Bonchev–Trinajstić information content (AvgIpc) is 1.64. The summed E-state index contributed by atoms with van der Waals surface area (Å²) in [7, 11) is 0. The molecule has 9 N–H and O–H groups in total. The van der Waals surface area contributed by atoms with Gasteiger partial charge in [-0.25, -0.2) is 33.8 Å². The Labute approximate surface area is 685 Å². The smallest absolute Gasteiger partial charge is 0.335 e. The molecule has 3 fully saturated rings. The first-order valence-electron chi connectivity index (χ1n) is 40.6. The Kier molecular flexibility index (Phi) is 23.3. The molecule has 3 saturated heterocycles. The average molecular weight is 1600 g/mol. The zero-order valence-corrected chi connectivity index (χ0v) is 65.9. The Morgan fingerprint density at radius 3 is 0.983 bits per heavy atom. The number of piperidine rings is 3. The first kappa shape index (κ1) is 79.5. The number of hydrogen-bond donors (Lipinski definition) is 9. The second-order valence-electron chi connectivity index (χ2n) is 31.3. The van der Waals surface area contributed by atoms with Crippen molar-refractivity contribution >= 4 is 120 Å². The van der Waals surface area contributed by atoms with E-state index in [4.69, 9.17) is 15.0 Å². The molecule has 24 nitrogen and oxygen atoms in total. The number of carbonyl (C=O) groups is 6. The van der Waals surface area contributed by atoms with E-state index < -0.39 is 23.7 Å². The molecular weight excluding hydrogens is 1510 g/mol. The molecule has 6 aliphatic rings. The van der Waals surface area contributed by atoms with Gasteiger partial charge in [-0.2, -0.15) is 0 Å². The van der Waals surface area contributed by atoms with Crippen molar-refractivity contribution in [3.8, 4) is 17.6 Å². The van der Waals surface area contributed by atoms with Gasteiger partial charge in [-0.15, -0.1) is 0 Å². The summed E-state index contributed by atoms with van der Waals surface area (Å²) in [5, 5.41) is 62.9. The Balaban J connectivity index is 0.000000133. The van der Waals surface area contributed by atoms with Crippen molar-refractivity contribution in [2.75, 3.05) is 93.2 Å². The van der Waals surface area contributed by atoms with Crippen LogP contribution < -0.4 is 14.7 Å². The zero-order valence-electron chi connectivity index (χ0n) is 65.9. The number of carboxylic acids is 3. The van der Waals surface area contributed by atoms with E-state index in [1.165, 1.54) is 61.4 Å². The lowest BCUT2D eigenvalue weighted by molar-refractivity contribution is -0.120. The van der Waals surface area contributed by atoms with Crippen molar-refractivity contribution in [3.05, 3.63) is 267 Å². The Morgan fingerprint density at radius 1 is 0.361 bits per heavy atom. The van der Waals surface area contributed by atoms with Gasteiger partial charge >= 0.3 is 17.9 Å². The van der Waals surface area contributed by atoms with E-state index in [0.717, 1.165) is 141 Å². The van der Waals surface area contributed by atoms with E-state index in [2.05, 4.69) is 36.6 Å². The van der Waals surface area contributed by atoms with Gasteiger partial charge in [-0.3, -0.25) is 29.1 Å². The third-order valence-electron chi connectivity index (χ3n) is 23.4. The van der Waals surface area contributed by atoms with Gasteiger partial charge in [0.1, 0.15) is 5.82 Å². The number of aromatic nitrogens is 3. The van der Waals surface area contributed by atoms with Crippen molar-refractivity contribution in [1.29, 1.82) is 0 Å². The lowest BCUT2D eigenvalue weighted by atomic mass is 9.99. The van der Waals surface area contributed by atoms with Crippen LogP contribution in [0.3, 0.4) is 0 Å². The number of carbonyl (C=O) groups excluding carboxylic acids is 3. The Hall–Kier alpha value is -13.4. The molecule has 0 radical (unpaired) electrons. The SMILES string of the molecule is CC1CCN(CC(=O)N2CCc3cc(N=C(c4ccccc4)c4c(O)[nH]c5cc(C(=O)O)ccc45)ccc32)CC1.O=C(O)c1ccc2c(C(=Nc3ccc4c(c3)CCN4C(=O)CN3CCCCC3)c3ccc(F)cc3)c(O)[nH]c2c1.O=C(O)c1ccc2c(C(=Nc3ccc4c(c3)CCN4C(=O)CN3CCCCC3)c3ccccc3)c(O)[nH]c2c1. The molecule has 0 bridgehead atoms. The second kappa shape index (κ2) is 34.8. The number of nitrogens with zero attached hydrogens (tertiary/aromatic N) is 9. The number of anilines is 3. The molecule has 6 aliphatic heterocycles. The van der Waals surface area contributed by atoms with Gasteiger partial charge in [0.25, 0.3) is 0 Å². The van der Waals surface area contributed by atoms with Crippen LogP contribution in [-0.4, -0.2) is 192 Å². The number of aromatic amines is 3. The summed E-state index contributed by atoms with van der Waals surface area (Å²) in [5.41, 5.74) is 15.0. The number of nitrogens with one attached hydrogen (secondary N) is 3. The van der Waals surface area contributed by atoms with Crippen molar-refractivity contribution in [1.82, 2.24) is 29.7 Å². The topological polar surface area (TPSA) is 328 Å². The number of rotatable bonds is 18. The minimum absolute atomic E-state index is 0.0780. The van der Waals surface area contributed by atoms with Crippen LogP contribution in [0.15, 0.2) is 209 Å². The molecule has 25 heteroatoms. The number of amides is 3.